The molecule has 4 aromatic rings. The largest absolute Gasteiger partial charge is 0.497 e. The number of benzene rings is 2. The molecular formula is C36H40F3N7O5. The van der Waals surface area contributed by atoms with Gasteiger partial charge < -0.3 is 24.2 Å². The van der Waals surface area contributed by atoms with Crippen molar-refractivity contribution in [1.82, 2.24) is 29.5 Å². The number of aromatic nitrogens is 4. The molecule has 2 aromatic heterocycles. The Labute approximate surface area is 292 Å². The van der Waals surface area contributed by atoms with Crippen LogP contribution in [0.15, 0.2) is 65.7 Å². The Hall–Kier alpha value is -5.21. The fourth-order valence-corrected chi connectivity index (χ4v) is 6.64. The van der Waals surface area contributed by atoms with Gasteiger partial charge in [-0.1, -0.05) is 30.3 Å². The van der Waals surface area contributed by atoms with Crippen LogP contribution in [0.5, 0.6) is 5.75 Å². The average Bonchev–Trinajstić information content (AvgIpc) is 3.36. The number of fused-ring (bicyclic) bond motifs is 3. The minimum absolute atomic E-state index is 0.00639. The van der Waals surface area contributed by atoms with Gasteiger partial charge in [0.15, 0.2) is 0 Å². The molecule has 2 aromatic carbocycles. The Morgan fingerprint density at radius 1 is 0.941 bits per heavy atom. The van der Waals surface area contributed by atoms with Gasteiger partial charge >= 0.3 is 12.3 Å². The van der Waals surface area contributed by atoms with Crippen molar-refractivity contribution in [2.75, 3.05) is 31.6 Å². The van der Waals surface area contributed by atoms with Gasteiger partial charge in [0.05, 0.1) is 36.8 Å². The maximum absolute atomic E-state index is 13.8. The summed E-state index contributed by atoms with van der Waals surface area (Å²) in [6, 6.07) is 14.0. The van der Waals surface area contributed by atoms with Crippen LogP contribution in [-0.4, -0.2) is 86.0 Å². The molecule has 0 aliphatic carbocycles. The maximum atomic E-state index is 13.8. The van der Waals surface area contributed by atoms with Gasteiger partial charge in [0, 0.05) is 55.9 Å². The van der Waals surface area contributed by atoms with Gasteiger partial charge in [-0.2, -0.15) is 18.3 Å². The minimum Gasteiger partial charge on any atom is -0.497 e. The summed E-state index contributed by atoms with van der Waals surface area (Å²) < 4.78 is 51.5. The quantitative estimate of drug-likeness (QED) is 0.229. The molecule has 12 nitrogen and oxygen atoms in total. The van der Waals surface area contributed by atoms with E-state index in [1.165, 1.54) is 9.58 Å². The normalized spacial score (nSPS) is 17.5. The van der Waals surface area contributed by atoms with Gasteiger partial charge in [-0.05, 0) is 57.4 Å². The molecule has 15 heteroatoms. The lowest BCUT2D eigenvalue weighted by molar-refractivity contribution is -0.138. The highest BCUT2D eigenvalue weighted by atomic mass is 19.4. The smallest absolute Gasteiger partial charge is 0.419 e. The molecule has 51 heavy (non-hydrogen) atoms. The number of ether oxygens (including phenoxy) is 2. The number of hydrogen-bond acceptors (Lipinski definition) is 9. The first-order chi connectivity index (χ1) is 24.2. The molecular weight excluding hydrogens is 667 g/mol. The van der Waals surface area contributed by atoms with Crippen molar-refractivity contribution in [3.63, 3.8) is 0 Å². The first-order valence-electron chi connectivity index (χ1n) is 16.7. The second kappa shape index (κ2) is 14.2. The minimum atomic E-state index is -4.53. The van der Waals surface area contributed by atoms with Crippen LogP contribution in [0.3, 0.4) is 0 Å². The number of alkyl halides is 3. The Morgan fingerprint density at radius 3 is 2.16 bits per heavy atom. The molecule has 4 heterocycles. The van der Waals surface area contributed by atoms with Gasteiger partial charge in [0.2, 0.25) is 11.9 Å². The van der Waals surface area contributed by atoms with Crippen molar-refractivity contribution < 1.29 is 32.2 Å². The SMILES string of the molecule is COc1ccc(Cn2nc(CN(CCC(=O)N3C4CCC3CN(c3ncc(C(F)(F)F)cn3)C4)C(=O)OC(C)(C)C)c3ccccc3c2=O)cc1. The number of carbonyl (C=O) groups excluding carboxylic acids is 2. The van der Waals surface area contributed by atoms with E-state index in [-0.39, 0.29) is 55.6 Å². The van der Waals surface area contributed by atoms with Crippen molar-refractivity contribution in [2.24, 2.45) is 0 Å². The Balaban J connectivity index is 1.20. The summed E-state index contributed by atoms with van der Waals surface area (Å²) in [6.07, 6.45) is -2.14. The predicted molar refractivity (Wildman–Crippen MR) is 182 cm³/mol. The van der Waals surface area contributed by atoms with Crippen LogP contribution in [0.1, 0.15) is 56.9 Å². The van der Waals surface area contributed by atoms with Crippen molar-refractivity contribution in [3.05, 3.63) is 88.1 Å². The molecule has 0 spiro atoms. The third kappa shape index (κ3) is 8.07. The van der Waals surface area contributed by atoms with Crippen LogP contribution in [0.25, 0.3) is 10.8 Å². The lowest BCUT2D eigenvalue weighted by Gasteiger charge is -2.41. The van der Waals surface area contributed by atoms with E-state index in [2.05, 4.69) is 9.97 Å². The Kier molecular flexibility index (Phi) is 9.91. The van der Waals surface area contributed by atoms with E-state index in [4.69, 9.17) is 14.6 Å². The van der Waals surface area contributed by atoms with E-state index in [1.54, 1.807) is 64.3 Å². The molecule has 0 saturated carbocycles. The third-order valence-electron chi connectivity index (χ3n) is 9.04. The summed E-state index contributed by atoms with van der Waals surface area (Å²) in [4.78, 5) is 53.9. The van der Waals surface area contributed by atoms with Crippen molar-refractivity contribution in [1.29, 1.82) is 0 Å². The number of methoxy groups -OCH3 is 1. The zero-order valence-corrected chi connectivity index (χ0v) is 28.9. The molecule has 2 saturated heterocycles. The topological polar surface area (TPSA) is 123 Å². The van der Waals surface area contributed by atoms with Crippen molar-refractivity contribution >= 4 is 28.7 Å². The van der Waals surface area contributed by atoms with E-state index in [0.717, 1.165) is 30.8 Å². The molecule has 2 aliphatic rings. The van der Waals surface area contributed by atoms with E-state index in [1.807, 2.05) is 21.9 Å². The van der Waals surface area contributed by atoms with Crippen molar-refractivity contribution in [3.8, 4) is 5.75 Å². The fourth-order valence-electron chi connectivity index (χ4n) is 6.64. The average molecular weight is 708 g/mol. The molecule has 2 amide bonds. The van der Waals surface area contributed by atoms with Crippen LogP contribution in [0.4, 0.5) is 23.9 Å². The summed E-state index contributed by atoms with van der Waals surface area (Å²) in [7, 11) is 1.58. The Morgan fingerprint density at radius 2 is 1.57 bits per heavy atom. The first kappa shape index (κ1) is 35.6. The molecule has 6 rings (SSSR count). The Bertz CT molecular complexity index is 1930. The lowest BCUT2D eigenvalue weighted by Crippen LogP contribution is -2.56. The second-order valence-electron chi connectivity index (χ2n) is 13.8. The number of rotatable bonds is 9. The molecule has 0 radical (unpaired) electrons. The number of anilines is 1. The molecule has 2 fully saturated rings. The number of hydrogen-bond donors (Lipinski definition) is 0. The number of nitrogens with zero attached hydrogens (tertiary/aromatic N) is 7. The highest BCUT2D eigenvalue weighted by Crippen LogP contribution is 2.33. The van der Waals surface area contributed by atoms with Crippen LogP contribution in [-0.2, 0) is 28.8 Å². The standard InChI is InChI=1S/C36H40F3N7O5/c1-35(2,3)51-34(49)43(22-30-28-7-5-6-8-29(28)32(48)45(42-30)19-23-9-13-27(50-4)14-10-23)16-15-31(47)46-25-11-12-26(46)21-44(20-25)33-40-17-24(18-41-33)36(37,38)39/h5-10,13-14,17-18,25-26H,11-12,15-16,19-22H2,1-4H3. The van der Waals surface area contributed by atoms with Gasteiger partial charge in [-0.25, -0.2) is 19.4 Å². The molecule has 2 aliphatic heterocycles. The van der Waals surface area contributed by atoms with Gasteiger partial charge in [0.25, 0.3) is 5.56 Å². The number of halogens is 3. The number of amides is 2. The summed E-state index contributed by atoms with van der Waals surface area (Å²) >= 11 is 0. The highest BCUT2D eigenvalue weighted by Gasteiger charge is 2.43. The summed E-state index contributed by atoms with van der Waals surface area (Å²) in [5.74, 6) is 0.728. The lowest BCUT2D eigenvalue weighted by atomic mass is 10.1. The second-order valence-corrected chi connectivity index (χ2v) is 13.8. The zero-order valence-electron chi connectivity index (χ0n) is 28.9. The van der Waals surface area contributed by atoms with Gasteiger partial charge in [0.1, 0.15) is 11.4 Å². The maximum Gasteiger partial charge on any atom is 0.419 e. The molecule has 2 bridgehead atoms. The summed E-state index contributed by atoms with van der Waals surface area (Å²) in [5, 5.41) is 5.75. The van der Waals surface area contributed by atoms with E-state index >= 15 is 0 Å². The number of carbonyl (C=O) groups is 2. The van der Waals surface area contributed by atoms with E-state index < -0.39 is 23.4 Å². The molecule has 0 N–H and O–H groups in total. The first-order valence-corrected chi connectivity index (χ1v) is 16.7. The van der Waals surface area contributed by atoms with E-state index in [0.29, 0.717) is 35.3 Å². The fraction of sp³-hybridized carbons (Fsp3) is 0.444. The highest BCUT2D eigenvalue weighted by molar-refractivity contribution is 5.84. The van der Waals surface area contributed by atoms with E-state index in [9.17, 15) is 27.6 Å². The molecule has 2 atom stereocenters. The monoisotopic (exact) mass is 707 g/mol. The zero-order chi connectivity index (χ0) is 36.5. The van der Waals surface area contributed by atoms with Crippen LogP contribution >= 0.6 is 0 Å². The van der Waals surface area contributed by atoms with Crippen molar-refractivity contribution in [2.45, 2.75) is 77.0 Å². The van der Waals surface area contributed by atoms with Gasteiger partial charge in [-0.15, -0.1) is 0 Å². The summed E-state index contributed by atoms with van der Waals surface area (Å²) in [6.45, 7) is 6.25. The van der Waals surface area contributed by atoms with Crippen LogP contribution in [0, 0.1) is 0 Å². The molecule has 270 valence electrons. The van der Waals surface area contributed by atoms with Crippen LogP contribution in [0.2, 0.25) is 0 Å². The summed E-state index contributed by atoms with van der Waals surface area (Å²) in [5.41, 5.74) is -0.696. The third-order valence-corrected chi connectivity index (χ3v) is 9.04. The predicted octanol–water partition coefficient (Wildman–Crippen LogP) is 5.27. The molecule has 2 unspecified atom stereocenters. The number of piperazine rings is 1. The van der Waals surface area contributed by atoms with Gasteiger partial charge in [-0.3, -0.25) is 9.59 Å². The van der Waals surface area contributed by atoms with Crippen LogP contribution < -0.4 is 15.2 Å².